The standard InChI is InChI=1S/C18H17N/c19-14-8-7-13-18(17-11-5-2-6-12-17)15-16-9-3-1-4-10-16/h1-6,9-13H,7-8,15H2/b18-13-. The fraction of sp³-hybridized carbons (Fsp3) is 0.167. The first-order valence-corrected chi connectivity index (χ1v) is 6.55. The molecular formula is C18H17N. The molecule has 0 N–H and O–H groups in total. The van der Waals surface area contributed by atoms with Gasteiger partial charge in [0.1, 0.15) is 0 Å². The second kappa shape index (κ2) is 7.18. The Morgan fingerprint density at radius 1 is 0.947 bits per heavy atom. The third kappa shape index (κ3) is 4.12. The molecule has 0 aliphatic rings. The summed E-state index contributed by atoms with van der Waals surface area (Å²) in [6.07, 6.45) is 4.49. The second-order valence-corrected chi connectivity index (χ2v) is 4.45. The van der Waals surface area contributed by atoms with Gasteiger partial charge in [0, 0.05) is 6.42 Å². The maximum absolute atomic E-state index is 8.66. The Balaban J connectivity index is 2.20. The van der Waals surface area contributed by atoms with Gasteiger partial charge in [-0.25, -0.2) is 0 Å². The van der Waals surface area contributed by atoms with Gasteiger partial charge >= 0.3 is 0 Å². The SMILES string of the molecule is N#CCC/C=C(/Cc1ccccc1)c1ccccc1. The molecule has 0 bridgehead atoms. The lowest BCUT2D eigenvalue weighted by Crippen LogP contribution is -1.91. The van der Waals surface area contributed by atoms with Crippen LogP contribution >= 0.6 is 0 Å². The lowest BCUT2D eigenvalue weighted by molar-refractivity contribution is 1.05. The molecular weight excluding hydrogens is 230 g/mol. The molecule has 0 aromatic heterocycles. The summed E-state index contributed by atoms with van der Waals surface area (Å²) in [5.74, 6) is 0. The van der Waals surface area contributed by atoms with Gasteiger partial charge in [-0.3, -0.25) is 0 Å². The molecule has 19 heavy (non-hydrogen) atoms. The number of unbranched alkanes of at least 4 members (excludes halogenated alkanes) is 1. The predicted molar refractivity (Wildman–Crippen MR) is 79.4 cm³/mol. The first-order chi connectivity index (χ1) is 9.40. The van der Waals surface area contributed by atoms with Gasteiger partial charge in [-0.2, -0.15) is 5.26 Å². The summed E-state index contributed by atoms with van der Waals surface area (Å²) in [7, 11) is 0. The third-order valence-corrected chi connectivity index (χ3v) is 3.03. The van der Waals surface area contributed by atoms with E-state index in [1.165, 1.54) is 16.7 Å². The van der Waals surface area contributed by atoms with Crippen LogP contribution in [0, 0.1) is 11.3 Å². The number of allylic oxidation sites excluding steroid dienone is 2. The zero-order chi connectivity index (χ0) is 13.3. The highest BCUT2D eigenvalue weighted by Crippen LogP contribution is 2.20. The molecule has 0 aliphatic heterocycles. The van der Waals surface area contributed by atoms with Crippen LogP contribution in [-0.4, -0.2) is 0 Å². The van der Waals surface area contributed by atoms with Crippen molar-refractivity contribution < 1.29 is 0 Å². The van der Waals surface area contributed by atoms with E-state index in [0.717, 1.165) is 12.8 Å². The lowest BCUT2D eigenvalue weighted by Gasteiger charge is -2.08. The Morgan fingerprint density at radius 3 is 2.21 bits per heavy atom. The van der Waals surface area contributed by atoms with Gasteiger partial charge in [0.25, 0.3) is 0 Å². The molecule has 94 valence electrons. The summed E-state index contributed by atoms with van der Waals surface area (Å²) in [4.78, 5) is 0. The summed E-state index contributed by atoms with van der Waals surface area (Å²) in [6.45, 7) is 0. The maximum atomic E-state index is 8.66. The van der Waals surface area contributed by atoms with Crippen molar-refractivity contribution in [3.63, 3.8) is 0 Å². The number of nitrogens with zero attached hydrogens (tertiary/aromatic N) is 1. The highest BCUT2D eigenvalue weighted by Gasteiger charge is 2.02. The number of nitriles is 1. The Labute approximate surface area is 114 Å². The molecule has 0 heterocycles. The van der Waals surface area contributed by atoms with Gasteiger partial charge in [-0.05, 0) is 29.5 Å². The van der Waals surface area contributed by atoms with Gasteiger partial charge in [0.15, 0.2) is 0 Å². The van der Waals surface area contributed by atoms with E-state index >= 15 is 0 Å². The molecule has 0 spiro atoms. The number of hydrogen-bond acceptors (Lipinski definition) is 1. The summed E-state index contributed by atoms with van der Waals surface area (Å²) >= 11 is 0. The average Bonchev–Trinajstić information content (AvgIpc) is 2.48. The minimum Gasteiger partial charge on any atom is -0.198 e. The molecule has 0 saturated carbocycles. The van der Waals surface area contributed by atoms with E-state index in [1.807, 2.05) is 12.1 Å². The minimum absolute atomic E-state index is 0.575. The van der Waals surface area contributed by atoms with Crippen molar-refractivity contribution >= 4 is 5.57 Å². The molecule has 2 aromatic rings. The van der Waals surface area contributed by atoms with Crippen molar-refractivity contribution in [1.29, 1.82) is 5.26 Å². The van der Waals surface area contributed by atoms with Crippen molar-refractivity contribution in [2.75, 3.05) is 0 Å². The molecule has 0 amide bonds. The topological polar surface area (TPSA) is 23.8 Å². The molecule has 0 unspecified atom stereocenters. The van der Waals surface area contributed by atoms with Gasteiger partial charge < -0.3 is 0 Å². The number of rotatable bonds is 5. The smallest absolute Gasteiger partial charge is 0.0625 e. The molecule has 0 saturated heterocycles. The van der Waals surface area contributed by atoms with Gasteiger partial charge in [0.05, 0.1) is 6.07 Å². The van der Waals surface area contributed by atoms with E-state index in [-0.39, 0.29) is 0 Å². The van der Waals surface area contributed by atoms with Crippen LogP contribution < -0.4 is 0 Å². The predicted octanol–water partition coefficient (Wildman–Crippen LogP) is 4.62. The van der Waals surface area contributed by atoms with E-state index in [1.54, 1.807) is 0 Å². The van der Waals surface area contributed by atoms with E-state index in [2.05, 4.69) is 60.7 Å². The van der Waals surface area contributed by atoms with Crippen LogP contribution in [0.3, 0.4) is 0 Å². The van der Waals surface area contributed by atoms with Crippen LogP contribution in [-0.2, 0) is 6.42 Å². The number of hydrogen-bond donors (Lipinski definition) is 0. The van der Waals surface area contributed by atoms with E-state index in [4.69, 9.17) is 5.26 Å². The summed E-state index contributed by atoms with van der Waals surface area (Å²) in [6, 6.07) is 23.0. The highest BCUT2D eigenvalue weighted by molar-refractivity contribution is 5.67. The second-order valence-electron chi connectivity index (χ2n) is 4.45. The fourth-order valence-corrected chi connectivity index (χ4v) is 2.07. The first-order valence-electron chi connectivity index (χ1n) is 6.55. The normalized spacial score (nSPS) is 11.0. The molecule has 2 aromatic carbocycles. The van der Waals surface area contributed by atoms with E-state index in [9.17, 15) is 0 Å². The molecule has 1 heteroatoms. The van der Waals surface area contributed by atoms with Gasteiger partial charge in [-0.15, -0.1) is 0 Å². The lowest BCUT2D eigenvalue weighted by atomic mass is 9.97. The Kier molecular flexibility index (Phi) is 4.96. The third-order valence-electron chi connectivity index (χ3n) is 3.03. The minimum atomic E-state index is 0.575. The van der Waals surface area contributed by atoms with Crippen LogP contribution in [0.15, 0.2) is 66.7 Å². The monoisotopic (exact) mass is 247 g/mol. The zero-order valence-electron chi connectivity index (χ0n) is 10.9. The summed E-state index contributed by atoms with van der Waals surface area (Å²) in [5, 5.41) is 8.66. The van der Waals surface area contributed by atoms with E-state index in [0.29, 0.717) is 6.42 Å². The Bertz CT molecular complexity index is 562. The first kappa shape index (κ1) is 13.1. The largest absolute Gasteiger partial charge is 0.198 e. The van der Waals surface area contributed by atoms with Crippen LogP contribution in [0.4, 0.5) is 0 Å². The summed E-state index contributed by atoms with van der Waals surface area (Å²) < 4.78 is 0. The highest BCUT2D eigenvalue weighted by atomic mass is 14.2. The van der Waals surface area contributed by atoms with Crippen LogP contribution in [0.2, 0.25) is 0 Å². The van der Waals surface area contributed by atoms with Gasteiger partial charge in [-0.1, -0.05) is 66.7 Å². The Hall–Kier alpha value is -2.33. The fourth-order valence-electron chi connectivity index (χ4n) is 2.07. The number of benzene rings is 2. The van der Waals surface area contributed by atoms with Crippen molar-refractivity contribution in [3.05, 3.63) is 77.9 Å². The Morgan fingerprint density at radius 2 is 1.58 bits per heavy atom. The zero-order valence-corrected chi connectivity index (χ0v) is 10.9. The molecule has 1 nitrogen and oxygen atoms in total. The van der Waals surface area contributed by atoms with Crippen LogP contribution in [0.25, 0.3) is 5.57 Å². The molecule has 0 atom stereocenters. The van der Waals surface area contributed by atoms with Crippen LogP contribution in [0.1, 0.15) is 24.0 Å². The van der Waals surface area contributed by atoms with Crippen molar-refractivity contribution in [1.82, 2.24) is 0 Å². The quantitative estimate of drug-likeness (QED) is 0.707. The van der Waals surface area contributed by atoms with E-state index < -0.39 is 0 Å². The average molecular weight is 247 g/mol. The van der Waals surface area contributed by atoms with Gasteiger partial charge in [0.2, 0.25) is 0 Å². The molecule has 2 rings (SSSR count). The molecule has 0 fully saturated rings. The van der Waals surface area contributed by atoms with Crippen molar-refractivity contribution in [2.45, 2.75) is 19.3 Å². The van der Waals surface area contributed by atoms with Crippen LogP contribution in [0.5, 0.6) is 0 Å². The van der Waals surface area contributed by atoms with Crippen molar-refractivity contribution in [2.24, 2.45) is 0 Å². The maximum Gasteiger partial charge on any atom is 0.0625 e. The summed E-state index contributed by atoms with van der Waals surface area (Å²) in [5.41, 5.74) is 3.83. The van der Waals surface area contributed by atoms with Crippen molar-refractivity contribution in [3.8, 4) is 6.07 Å². The molecule has 0 radical (unpaired) electrons. The molecule has 0 aliphatic carbocycles.